The van der Waals surface area contributed by atoms with Crippen molar-refractivity contribution in [3.63, 3.8) is 0 Å². The standard InChI is InChI=1S/C14H22N4OS/c1-6-18(5)14(19)10(4)17-13-11(12(15)20)8(2)7-9(3)16-13/h7,10H,6H2,1-5H3,(H2,15,20)(H,16,17). The summed E-state index contributed by atoms with van der Waals surface area (Å²) < 4.78 is 0. The summed E-state index contributed by atoms with van der Waals surface area (Å²) in [5.41, 5.74) is 8.27. The van der Waals surface area contributed by atoms with Gasteiger partial charge in [0.15, 0.2) is 0 Å². The lowest BCUT2D eigenvalue weighted by molar-refractivity contribution is -0.130. The van der Waals surface area contributed by atoms with E-state index in [1.807, 2.05) is 26.8 Å². The van der Waals surface area contributed by atoms with Gasteiger partial charge in [-0.3, -0.25) is 4.79 Å². The molecular formula is C14H22N4OS. The number of amides is 1. The monoisotopic (exact) mass is 294 g/mol. The Bertz CT molecular complexity index is 530. The fourth-order valence-corrected chi connectivity index (χ4v) is 2.26. The maximum Gasteiger partial charge on any atom is 0.244 e. The number of hydrogen-bond donors (Lipinski definition) is 2. The first-order valence-corrected chi connectivity index (χ1v) is 6.98. The number of pyridine rings is 1. The van der Waals surface area contributed by atoms with Crippen molar-refractivity contribution in [3.05, 3.63) is 22.9 Å². The molecule has 0 bridgehead atoms. The van der Waals surface area contributed by atoms with Gasteiger partial charge in [0.1, 0.15) is 16.8 Å². The van der Waals surface area contributed by atoms with Crippen LogP contribution in [-0.2, 0) is 4.79 Å². The third kappa shape index (κ3) is 3.66. The Morgan fingerprint density at radius 2 is 2.15 bits per heavy atom. The van der Waals surface area contributed by atoms with Crippen molar-refractivity contribution >= 4 is 28.9 Å². The first kappa shape index (κ1) is 16.4. The van der Waals surface area contributed by atoms with Crippen molar-refractivity contribution in [3.8, 4) is 0 Å². The van der Waals surface area contributed by atoms with Crippen molar-refractivity contribution < 1.29 is 4.79 Å². The molecule has 1 heterocycles. The molecule has 0 spiro atoms. The summed E-state index contributed by atoms with van der Waals surface area (Å²) in [4.78, 5) is 18.4. The quantitative estimate of drug-likeness (QED) is 0.807. The second kappa shape index (κ2) is 6.65. The van der Waals surface area contributed by atoms with Gasteiger partial charge in [-0.25, -0.2) is 4.98 Å². The maximum absolute atomic E-state index is 12.1. The summed E-state index contributed by atoms with van der Waals surface area (Å²) in [6.07, 6.45) is 0. The number of aryl methyl sites for hydroxylation is 2. The maximum atomic E-state index is 12.1. The second-order valence-electron chi connectivity index (χ2n) is 4.89. The molecule has 3 N–H and O–H groups in total. The fourth-order valence-electron chi connectivity index (χ4n) is 2.01. The van der Waals surface area contributed by atoms with E-state index in [2.05, 4.69) is 10.3 Å². The summed E-state index contributed by atoms with van der Waals surface area (Å²) in [6, 6.07) is 1.53. The molecule has 0 saturated heterocycles. The largest absolute Gasteiger partial charge is 0.389 e. The van der Waals surface area contributed by atoms with Crippen molar-refractivity contribution in [2.24, 2.45) is 5.73 Å². The van der Waals surface area contributed by atoms with Crippen LogP contribution in [0.4, 0.5) is 5.82 Å². The Labute approximate surface area is 125 Å². The molecule has 110 valence electrons. The van der Waals surface area contributed by atoms with Crippen LogP contribution >= 0.6 is 12.2 Å². The lowest BCUT2D eigenvalue weighted by atomic mass is 10.1. The van der Waals surface area contributed by atoms with Crippen LogP contribution in [0.3, 0.4) is 0 Å². The van der Waals surface area contributed by atoms with Crippen LogP contribution in [-0.4, -0.2) is 40.4 Å². The van der Waals surface area contributed by atoms with Gasteiger partial charge in [0, 0.05) is 19.3 Å². The zero-order chi connectivity index (χ0) is 15.4. The van der Waals surface area contributed by atoms with E-state index in [0.29, 0.717) is 17.9 Å². The van der Waals surface area contributed by atoms with Gasteiger partial charge in [0.25, 0.3) is 0 Å². The van der Waals surface area contributed by atoms with Crippen LogP contribution in [0.2, 0.25) is 0 Å². The van der Waals surface area contributed by atoms with E-state index < -0.39 is 0 Å². The minimum absolute atomic E-state index is 0.00217. The molecule has 1 aromatic rings. The summed E-state index contributed by atoms with van der Waals surface area (Å²) in [7, 11) is 1.77. The van der Waals surface area contributed by atoms with Gasteiger partial charge in [-0.2, -0.15) is 0 Å². The van der Waals surface area contributed by atoms with Gasteiger partial charge in [-0.1, -0.05) is 12.2 Å². The van der Waals surface area contributed by atoms with Crippen molar-refractivity contribution in [1.29, 1.82) is 0 Å². The zero-order valence-electron chi connectivity index (χ0n) is 12.7. The van der Waals surface area contributed by atoms with Gasteiger partial charge >= 0.3 is 0 Å². The fraction of sp³-hybridized carbons (Fsp3) is 0.500. The number of carbonyl (C=O) groups is 1. The molecule has 0 aromatic carbocycles. The number of thiocarbonyl (C=S) groups is 1. The lowest BCUT2D eigenvalue weighted by Crippen LogP contribution is -2.39. The predicted octanol–water partition coefficient (Wildman–Crippen LogP) is 1.61. The number of likely N-dealkylation sites (N-methyl/N-ethyl adjacent to an activating group) is 1. The normalized spacial score (nSPS) is 11.8. The Kier molecular flexibility index (Phi) is 5.44. The molecule has 0 aliphatic carbocycles. The first-order valence-electron chi connectivity index (χ1n) is 6.57. The molecule has 0 fully saturated rings. The Morgan fingerprint density at radius 1 is 1.55 bits per heavy atom. The third-order valence-electron chi connectivity index (χ3n) is 3.17. The summed E-state index contributed by atoms with van der Waals surface area (Å²) in [6.45, 7) is 8.22. The highest BCUT2D eigenvalue weighted by Crippen LogP contribution is 2.19. The molecule has 1 rings (SSSR count). The highest BCUT2D eigenvalue weighted by molar-refractivity contribution is 7.80. The van der Waals surface area contributed by atoms with E-state index in [-0.39, 0.29) is 16.9 Å². The van der Waals surface area contributed by atoms with Crippen molar-refractivity contribution in [2.75, 3.05) is 18.9 Å². The van der Waals surface area contributed by atoms with Crippen molar-refractivity contribution in [2.45, 2.75) is 33.7 Å². The van der Waals surface area contributed by atoms with E-state index in [1.165, 1.54) is 0 Å². The molecule has 1 unspecified atom stereocenters. The highest BCUT2D eigenvalue weighted by atomic mass is 32.1. The van der Waals surface area contributed by atoms with Crippen LogP contribution in [0.1, 0.15) is 30.7 Å². The van der Waals surface area contributed by atoms with Gasteiger partial charge in [0.2, 0.25) is 5.91 Å². The van der Waals surface area contributed by atoms with Gasteiger partial charge in [-0.05, 0) is 39.3 Å². The number of hydrogen-bond acceptors (Lipinski definition) is 4. The topological polar surface area (TPSA) is 71.2 Å². The zero-order valence-corrected chi connectivity index (χ0v) is 13.5. The van der Waals surface area contributed by atoms with Crippen molar-refractivity contribution in [1.82, 2.24) is 9.88 Å². The van der Waals surface area contributed by atoms with Gasteiger partial charge in [0.05, 0.1) is 5.56 Å². The Hall–Kier alpha value is -1.69. The average Bonchev–Trinajstić information content (AvgIpc) is 2.35. The van der Waals surface area contributed by atoms with E-state index in [0.717, 1.165) is 11.3 Å². The number of nitrogens with one attached hydrogen (secondary N) is 1. The molecule has 0 aliphatic heterocycles. The smallest absolute Gasteiger partial charge is 0.244 e. The molecule has 5 nitrogen and oxygen atoms in total. The predicted molar refractivity (Wildman–Crippen MR) is 86.0 cm³/mol. The summed E-state index contributed by atoms with van der Waals surface area (Å²) in [5.74, 6) is 0.572. The molecule has 0 radical (unpaired) electrons. The van der Waals surface area contributed by atoms with Crippen LogP contribution in [0.25, 0.3) is 0 Å². The Morgan fingerprint density at radius 3 is 2.65 bits per heavy atom. The minimum Gasteiger partial charge on any atom is -0.389 e. The van der Waals surface area contributed by atoms with E-state index in [1.54, 1.807) is 18.9 Å². The van der Waals surface area contributed by atoms with Crippen LogP contribution < -0.4 is 11.1 Å². The molecule has 0 saturated carbocycles. The molecule has 6 heteroatoms. The number of anilines is 1. The van der Waals surface area contributed by atoms with E-state index >= 15 is 0 Å². The number of carbonyl (C=O) groups excluding carboxylic acids is 1. The van der Waals surface area contributed by atoms with E-state index in [4.69, 9.17) is 18.0 Å². The number of rotatable bonds is 5. The van der Waals surface area contributed by atoms with Crippen LogP contribution in [0.15, 0.2) is 6.07 Å². The summed E-state index contributed by atoms with van der Waals surface area (Å²) in [5, 5.41) is 3.12. The second-order valence-corrected chi connectivity index (χ2v) is 5.33. The van der Waals surface area contributed by atoms with Gasteiger partial charge in [-0.15, -0.1) is 0 Å². The molecule has 1 atom stereocenters. The van der Waals surface area contributed by atoms with Crippen LogP contribution in [0, 0.1) is 13.8 Å². The third-order valence-corrected chi connectivity index (χ3v) is 3.37. The first-order chi connectivity index (χ1) is 9.27. The average molecular weight is 294 g/mol. The number of aromatic nitrogens is 1. The molecule has 1 amide bonds. The minimum atomic E-state index is -0.387. The SMILES string of the molecule is CCN(C)C(=O)C(C)Nc1nc(C)cc(C)c1C(N)=S. The molecule has 1 aromatic heterocycles. The summed E-state index contributed by atoms with van der Waals surface area (Å²) >= 11 is 5.08. The van der Waals surface area contributed by atoms with Crippen LogP contribution in [0.5, 0.6) is 0 Å². The van der Waals surface area contributed by atoms with E-state index in [9.17, 15) is 4.79 Å². The molecular weight excluding hydrogens is 272 g/mol. The number of nitrogens with zero attached hydrogens (tertiary/aromatic N) is 2. The number of nitrogens with two attached hydrogens (primary N) is 1. The highest BCUT2D eigenvalue weighted by Gasteiger charge is 2.19. The Balaban J connectivity index is 3.08. The molecule has 20 heavy (non-hydrogen) atoms. The van der Waals surface area contributed by atoms with Gasteiger partial charge < -0.3 is 16.0 Å². The lowest BCUT2D eigenvalue weighted by Gasteiger charge is -2.22. The molecule has 0 aliphatic rings.